The first-order chi connectivity index (χ1) is 13.9. The Morgan fingerprint density at radius 3 is 2.59 bits per heavy atom. The standard InChI is InChI=1S/C20H19FN3O4P/c1-24-20(15-4-7-17(21)8-5-15)16(12-22-24)6-11-19(25)23-18-9-2-14(3-10-18)13-28-29(26)27/h2-12,29H,13H2,1H3,(H,23,25)(H,26,27)/b11-6+. The molecule has 150 valence electrons. The van der Waals surface area contributed by atoms with Crippen molar-refractivity contribution in [2.45, 2.75) is 6.61 Å². The fourth-order valence-electron chi connectivity index (χ4n) is 2.72. The summed E-state index contributed by atoms with van der Waals surface area (Å²) in [5.41, 5.74) is 3.56. The Morgan fingerprint density at radius 1 is 1.24 bits per heavy atom. The molecule has 9 heteroatoms. The summed E-state index contributed by atoms with van der Waals surface area (Å²) in [6, 6.07) is 12.8. The van der Waals surface area contributed by atoms with Crippen LogP contribution >= 0.6 is 8.25 Å². The number of nitrogens with one attached hydrogen (secondary N) is 1. The molecule has 0 bridgehead atoms. The van der Waals surface area contributed by atoms with Crippen LogP contribution in [0.3, 0.4) is 0 Å². The maximum absolute atomic E-state index is 13.2. The number of rotatable bonds is 7. The van der Waals surface area contributed by atoms with E-state index in [-0.39, 0.29) is 18.3 Å². The van der Waals surface area contributed by atoms with Crippen molar-refractivity contribution in [3.8, 4) is 11.3 Å². The zero-order chi connectivity index (χ0) is 20.8. The molecule has 0 radical (unpaired) electrons. The largest absolute Gasteiger partial charge is 0.326 e. The lowest BCUT2D eigenvalue weighted by atomic mass is 10.1. The van der Waals surface area contributed by atoms with Gasteiger partial charge in [-0.15, -0.1) is 0 Å². The zero-order valence-electron chi connectivity index (χ0n) is 15.5. The number of carbonyl (C=O) groups excluding carboxylic acids is 1. The van der Waals surface area contributed by atoms with Crippen LogP contribution in [0.25, 0.3) is 17.3 Å². The van der Waals surface area contributed by atoms with E-state index < -0.39 is 8.25 Å². The number of hydrogen-bond donors (Lipinski definition) is 2. The summed E-state index contributed by atoms with van der Waals surface area (Å²) in [4.78, 5) is 20.9. The molecule has 0 fully saturated rings. The molecule has 0 aliphatic rings. The predicted molar refractivity (Wildman–Crippen MR) is 109 cm³/mol. The Balaban J connectivity index is 1.67. The molecule has 1 heterocycles. The van der Waals surface area contributed by atoms with Gasteiger partial charge in [-0.1, -0.05) is 12.1 Å². The van der Waals surface area contributed by atoms with Gasteiger partial charge >= 0.3 is 8.25 Å². The zero-order valence-corrected chi connectivity index (χ0v) is 16.5. The molecule has 0 saturated heterocycles. The lowest BCUT2D eigenvalue weighted by molar-refractivity contribution is -0.111. The van der Waals surface area contributed by atoms with Crippen LogP contribution in [-0.2, 0) is 27.5 Å². The van der Waals surface area contributed by atoms with E-state index in [1.165, 1.54) is 18.2 Å². The van der Waals surface area contributed by atoms with Crippen molar-refractivity contribution in [2.24, 2.45) is 7.05 Å². The van der Waals surface area contributed by atoms with Gasteiger partial charge in [0.15, 0.2) is 0 Å². The lowest BCUT2D eigenvalue weighted by Crippen LogP contribution is -2.07. The van der Waals surface area contributed by atoms with Crippen molar-refractivity contribution in [1.82, 2.24) is 9.78 Å². The smallest absolute Gasteiger partial charge is 0.316 e. The number of hydrogen-bond acceptors (Lipinski definition) is 4. The number of benzene rings is 2. The first kappa shape index (κ1) is 20.7. The highest BCUT2D eigenvalue weighted by Gasteiger charge is 2.09. The van der Waals surface area contributed by atoms with Crippen molar-refractivity contribution < 1.29 is 23.2 Å². The summed E-state index contributed by atoms with van der Waals surface area (Å²) in [7, 11) is -1.20. The third-order valence-electron chi connectivity index (χ3n) is 4.08. The number of amides is 1. The molecule has 1 atom stereocenters. The van der Waals surface area contributed by atoms with Gasteiger partial charge in [0.05, 0.1) is 18.5 Å². The number of aromatic nitrogens is 2. The maximum Gasteiger partial charge on any atom is 0.316 e. The van der Waals surface area contributed by atoms with Gasteiger partial charge in [-0.3, -0.25) is 14.0 Å². The summed E-state index contributed by atoms with van der Waals surface area (Å²) in [5.74, 6) is -0.654. The third-order valence-corrected chi connectivity index (χ3v) is 4.47. The molecule has 29 heavy (non-hydrogen) atoms. The molecule has 0 aliphatic heterocycles. The Hall–Kier alpha value is -3.06. The Bertz CT molecular complexity index is 1050. The summed E-state index contributed by atoms with van der Waals surface area (Å²) < 4.78 is 30.1. The fourth-order valence-corrected chi connectivity index (χ4v) is 3.01. The Kier molecular flexibility index (Phi) is 6.72. The molecule has 2 N–H and O–H groups in total. The minimum atomic E-state index is -2.97. The van der Waals surface area contributed by atoms with E-state index in [1.807, 2.05) is 0 Å². The second-order valence-corrected chi connectivity index (χ2v) is 6.97. The van der Waals surface area contributed by atoms with E-state index in [0.717, 1.165) is 16.8 Å². The van der Waals surface area contributed by atoms with E-state index in [0.29, 0.717) is 11.3 Å². The van der Waals surface area contributed by atoms with Crippen LogP contribution in [0.2, 0.25) is 0 Å². The maximum atomic E-state index is 13.2. The lowest BCUT2D eigenvalue weighted by Gasteiger charge is -2.05. The molecule has 0 aliphatic carbocycles. The molecule has 0 spiro atoms. The van der Waals surface area contributed by atoms with Crippen molar-refractivity contribution in [3.05, 3.63) is 77.7 Å². The van der Waals surface area contributed by atoms with Gasteiger partial charge in [0, 0.05) is 29.9 Å². The number of carbonyl (C=O) groups is 1. The van der Waals surface area contributed by atoms with Crippen molar-refractivity contribution in [2.75, 3.05) is 5.32 Å². The summed E-state index contributed by atoms with van der Waals surface area (Å²) >= 11 is 0. The highest BCUT2D eigenvalue weighted by Crippen LogP contribution is 2.24. The molecule has 3 rings (SSSR count). The average molecular weight is 415 g/mol. The van der Waals surface area contributed by atoms with E-state index in [2.05, 4.69) is 14.9 Å². The normalized spacial score (nSPS) is 12.2. The fraction of sp³-hybridized carbons (Fsp3) is 0.100. The van der Waals surface area contributed by atoms with E-state index in [4.69, 9.17) is 4.89 Å². The van der Waals surface area contributed by atoms with Crippen LogP contribution in [0, 0.1) is 5.82 Å². The first-order valence-corrected chi connectivity index (χ1v) is 9.90. The average Bonchev–Trinajstić information content (AvgIpc) is 3.07. The molecule has 1 amide bonds. The van der Waals surface area contributed by atoms with Crippen LogP contribution in [0.5, 0.6) is 0 Å². The van der Waals surface area contributed by atoms with Crippen molar-refractivity contribution in [3.63, 3.8) is 0 Å². The van der Waals surface area contributed by atoms with Crippen LogP contribution < -0.4 is 5.32 Å². The van der Waals surface area contributed by atoms with Crippen LogP contribution in [0.4, 0.5) is 10.1 Å². The number of anilines is 1. The number of halogens is 1. The van der Waals surface area contributed by atoms with E-state index in [9.17, 15) is 13.8 Å². The molecule has 7 nitrogen and oxygen atoms in total. The summed E-state index contributed by atoms with van der Waals surface area (Å²) in [6.07, 6.45) is 4.66. The second kappa shape index (κ2) is 9.43. The highest BCUT2D eigenvalue weighted by atomic mass is 31.1. The monoisotopic (exact) mass is 415 g/mol. The topological polar surface area (TPSA) is 93.5 Å². The van der Waals surface area contributed by atoms with Gasteiger partial charge < -0.3 is 14.7 Å². The Morgan fingerprint density at radius 2 is 1.93 bits per heavy atom. The SMILES string of the molecule is Cn1ncc(/C=C/C(=O)Nc2ccc(CO[PH](=O)O)cc2)c1-c1ccc(F)cc1. The number of nitrogens with zero attached hydrogens (tertiary/aromatic N) is 2. The third kappa shape index (κ3) is 5.71. The quantitative estimate of drug-likeness (QED) is 0.453. The highest BCUT2D eigenvalue weighted by molar-refractivity contribution is 7.32. The van der Waals surface area contributed by atoms with Gasteiger partial charge in [-0.2, -0.15) is 5.10 Å². The minimum Gasteiger partial charge on any atom is -0.326 e. The van der Waals surface area contributed by atoms with Crippen LogP contribution in [-0.4, -0.2) is 20.6 Å². The Labute approximate surface area is 167 Å². The molecular weight excluding hydrogens is 396 g/mol. The van der Waals surface area contributed by atoms with Gasteiger partial charge in [0.2, 0.25) is 5.91 Å². The van der Waals surface area contributed by atoms with Crippen molar-refractivity contribution >= 4 is 25.9 Å². The van der Waals surface area contributed by atoms with Gasteiger partial charge in [0.25, 0.3) is 0 Å². The summed E-state index contributed by atoms with van der Waals surface area (Å²) in [5, 5.41) is 6.94. The van der Waals surface area contributed by atoms with Crippen molar-refractivity contribution in [1.29, 1.82) is 0 Å². The molecule has 3 aromatic rings. The van der Waals surface area contributed by atoms with Crippen LogP contribution in [0.15, 0.2) is 60.8 Å². The molecule has 1 unspecified atom stereocenters. The van der Waals surface area contributed by atoms with Gasteiger partial charge in [-0.05, 0) is 48.0 Å². The number of aryl methyl sites for hydroxylation is 1. The summed E-state index contributed by atoms with van der Waals surface area (Å²) in [6.45, 7) is 0.0234. The predicted octanol–water partition coefficient (Wildman–Crippen LogP) is 3.78. The van der Waals surface area contributed by atoms with E-state index >= 15 is 0 Å². The molecular formula is C20H19FN3O4P. The molecule has 1 aromatic heterocycles. The second-order valence-electron chi connectivity index (χ2n) is 6.15. The molecule has 2 aromatic carbocycles. The van der Waals surface area contributed by atoms with Crippen LogP contribution in [0.1, 0.15) is 11.1 Å². The molecule has 0 saturated carbocycles. The first-order valence-electron chi connectivity index (χ1n) is 8.64. The van der Waals surface area contributed by atoms with Gasteiger partial charge in [-0.25, -0.2) is 4.39 Å². The minimum absolute atomic E-state index is 0.0234. The van der Waals surface area contributed by atoms with E-state index in [1.54, 1.807) is 60.4 Å². The van der Waals surface area contributed by atoms with Gasteiger partial charge in [0.1, 0.15) is 5.82 Å².